The smallest absolute Gasteiger partial charge is 0.185 e. The van der Waals surface area contributed by atoms with Crippen molar-refractivity contribution in [2.45, 2.75) is 19.3 Å². The van der Waals surface area contributed by atoms with Crippen LogP contribution in [0, 0.1) is 5.92 Å². The van der Waals surface area contributed by atoms with Gasteiger partial charge in [-0.1, -0.05) is 13.8 Å². The minimum Gasteiger partial charge on any atom is -0.285 e. The fourth-order valence-electron chi connectivity index (χ4n) is 0.661. The molecule has 62 valence electrons. The average Bonchev–Trinajstić information content (AvgIpc) is 2.31. The number of thioether (sulfide) groups is 1. The van der Waals surface area contributed by atoms with Crippen molar-refractivity contribution < 1.29 is 0 Å². The maximum absolute atomic E-state index is 4.84. The van der Waals surface area contributed by atoms with E-state index in [0.717, 1.165) is 6.54 Å². The third kappa shape index (κ3) is 3.27. The third-order valence-electron chi connectivity index (χ3n) is 1.16. The molecule has 0 aliphatic carbocycles. The standard InChI is InChI=1S/C6H11N3S2/c1-4(2)3-7-5-8-9-6(10)11-5/h4-5,7H,3H2,1-2H3. The molecule has 0 aromatic rings. The molecule has 3 nitrogen and oxygen atoms in total. The Morgan fingerprint density at radius 3 is 2.91 bits per heavy atom. The molecule has 5 heteroatoms. The van der Waals surface area contributed by atoms with Crippen LogP contribution in [0.15, 0.2) is 10.2 Å². The molecule has 1 N–H and O–H groups in total. The predicted octanol–water partition coefficient (Wildman–Crippen LogP) is 2.00. The Bertz CT molecular complexity index is 179. The second kappa shape index (κ2) is 4.13. The summed E-state index contributed by atoms with van der Waals surface area (Å²) in [7, 11) is 0. The summed E-state index contributed by atoms with van der Waals surface area (Å²) in [6, 6.07) is 0. The summed E-state index contributed by atoms with van der Waals surface area (Å²) in [5.74, 6) is 0.639. The van der Waals surface area contributed by atoms with Gasteiger partial charge in [0.1, 0.15) is 0 Å². The molecule has 0 amide bonds. The molecule has 1 unspecified atom stereocenters. The summed E-state index contributed by atoms with van der Waals surface area (Å²) in [5.41, 5.74) is 0.0601. The number of hydrogen-bond acceptors (Lipinski definition) is 4. The normalized spacial score (nSPS) is 23.5. The van der Waals surface area contributed by atoms with Gasteiger partial charge in [0.15, 0.2) is 9.82 Å². The van der Waals surface area contributed by atoms with E-state index in [0.29, 0.717) is 10.2 Å². The first-order valence-electron chi connectivity index (χ1n) is 3.53. The zero-order chi connectivity index (χ0) is 8.27. The van der Waals surface area contributed by atoms with E-state index in [4.69, 9.17) is 12.2 Å². The van der Waals surface area contributed by atoms with Crippen molar-refractivity contribution in [3.63, 3.8) is 0 Å². The van der Waals surface area contributed by atoms with Gasteiger partial charge in [0.05, 0.1) is 0 Å². The van der Waals surface area contributed by atoms with Crippen molar-refractivity contribution in [2.75, 3.05) is 6.54 Å². The lowest BCUT2D eigenvalue weighted by atomic mass is 10.2. The highest BCUT2D eigenvalue weighted by atomic mass is 32.2. The topological polar surface area (TPSA) is 36.8 Å². The molecule has 1 heterocycles. The van der Waals surface area contributed by atoms with Gasteiger partial charge >= 0.3 is 0 Å². The molecule has 0 radical (unpaired) electrons. The summed E-state index contributed by atoms with van der Waals surface area (Å²) in [6.45, 7) is 5.27. The van der Waals surface area contributed by atoms with Crippen LogP contribution in [0.2, 0.25) is 0 Å². The lowest BCUT2D eigenvalue weighted by Gasteiger charge is -2.08. The highest BCUT2D eigenvalue weighted by Crippen LogP contribution is 2.20. The predicted molar refractivity (Wildman–Crippen MR) is 51.7 cm³/mol. The summed E-state index contributed by atoms with van der Waals surface area (Å²) >= 11 is 6.33. The van der Waals surface area contributed by atoms with Crippen LogP contribution in [-0.4, -0.2) is 16.4 Å². The van der Waals surface area contributed by atoms with Crippen molar-refractivity contribution in [2.24, 2.45) is 16.1 Å². The lowest BCUT2D eigenvalue weighted by Crippen LogP contribution is -2.26. The molecule has 0 saturated carbocycles. The van der Waals surface area contributed by atoms with Gasteiger partial charge in [-0.3, -0.25) is 5.32 Å². The number of azo groups is 1. The first-order chi connectivity index (χ1) is 5.18. The van der Waals surface area contributed by atoms with Gasteiger partial charge in [0.25, 0.3) is 0 Å². The number of rotatable bonds is 3. The minimum atomic E-state index is 0.0601. The Labute approximate surface area is 76.0 Å². The molecular formula is C6H11N3S2. The quantitative estimate of drug-likeness (QED) is 0.690. The van der Waals surface area contributed by atoms with E-state index in [-0.39, 0.29) is 5.50 Å². The lowest BCUT2D eigenvalue weighted by molar-refractivity contribution is 0.541. The van der Waals surface area contributed by atoms with Crippen molar-refractivity contribution in [3.05, 3.63) is 0 Å². The highest BCUT2D eigenvalue weighted by Gasteiger charge is 2.16. The number of thiocarbonyl (C=S) groups is 1. The van der Waals surface area contributed by atoms with E-state index >= 15 is 0 Å². The zero-order valence-corrected chi connectivity index (χ0v) is 8.21. The van der Waals surface area contributed by atoms with Crippen molar-refractivity contribution in [3.8, 4) is 0 Å². The summed E-state index contributed by atoms with van der Waals surface area (Å²) < 4.78 is 0.631. The number of hydrogen-bond donors (Lipinski definition) is 1. The fourth-order valence-corrected chi connectivity index (χ4v) is 1.54. The van der Waals surface area contributed by atoms with Gasteiger partial charge in [0, 0.05) is 6.54 Å². The van der Waals surface area contributed by atoms with Gasteiger partial charge in [-0.15, -0.1) is 5.11 Å². The largest absolute Gasteiger partial charge is 0.285 e. The third-order valence-corrected chi connectivity index (χ3v) is 2.30. The Morgan fingerprint density at radius 2 is 2.45 bits per heavy atom. The van der Waals surface area contributed by atoms with Crippen LogP contribution >= 0.6 is 24.0 Å². The van der Waals surface area contributed by atoms with Crippen LogP contribution < -0.4 is 5.32 Å². The monoisotopic (exact) mass is 189 g/mol. The van der Waals surface area contributed by atoms with Crippen LogP contribution in [0.25, 0.3) is 0 Å². The Hall–Kier alpha value is -0.000000000000000111. The molecule has 0 spiro atoms. The molecule has 1 aliphatic heterocycles. The van der Waals surface area contributed by atoms with Crippen LogP contribution in [0.4, 0.5) is 0 Å². The fraction of sp³-hybridized carbons (Fsp3) is 0.833. The van der Waals surface area contributed by atoms with E-state index in [9.17, 15) is 0 Å². The van der Waals surface area contributed by atoms with Crippen molar-refractivity contribution in [1.82, 2.24) is 5.32 Å². The molecule has 1 aliphatic rings. The van der Waals surface area contributed by atoms with Gasteiger partial charge in [0.2, 0.25) is 0 Å². The Kier molecular flexibility index (Phi) is 3.42. The molecule has 11 heavy (non-hydrogen) atoms. The number of nitrogens with zero attached hydrogens (tertiary/aromatic N) is 2. The van der Waals surface area contributed by atoms with E-state index < -0.39 is 0 Å². The van der Waals surface area contributed by atoms with Crippen molar-refractivity contribution in [1.29, 1.82) is 0 Å². The van der Waals surface area contributed by atoms with Gasteiger partial charge in [-0.25, -0.2) is 0 Å². The SMILES string of the molecule is CC(C)CNC1N=NC(=S)S1. The molecule has 0 bridgehead atoms. The van der Waals surface area contributed by atoms with Gasteiger partial charge in [-0.2, -0.15) is 5.11 Å². The second-order valence-corrected chi connectivity index (χ2v) is 4.47. The van der Waals surface area contributed by atoms with Crippen molar-refractivity contribution >= 4 is 28.3 Å². The second-order valence-electron chi connectivity index (χ2n) is 2.75. The summed E-state index contributed by atoms with van der Waals surface area (Å²) in [6.07, 6.45) is 0. The molecule has 0 aromatic heterocycles. The maximum Gasteiger partial charge on any atom is 0.185 e. The molecule has 1 atom stereocenters. The molecule has 0 saturated heterocycles. The van der Waals surface area contributed by atoms with E-state index in [1.807, 2.05) is 0 Å². The first kappa shape index (κ1) is 9.09. The van der Waals surface area contributed by atoms with E-state index in [1.165, 1.54) is 11.8 Å². The van der Waals surface area contributed by atoms with E-state index in [1.54, 1.807) is 0 Å². The van der Waals surface area contributed by atoms with Crippen LogP contribution in [0.1, 0.15) is 13.8 Å². The molecule has 1 rings (SSSR count). The first-order valence-corrected chi connectivity index (χ1v) is 4.82. The van der Waals surface area contributed by atoms with Crippen LogP contribution in [-0.2, 0) is 0 Å². The van der Waals surface area contributed by atoms with Crippen LogP contribution in [0.3, 0.4) is 0 Å². The Morgan fingerprint density at radius 1 is 1.73 bits per heavy atom. The number of nitrogens with one attached hydrogen (secondary N) is 1. The average molecular weight is 189 g/mol. The van der Waals surface area contributed by atoms with Gasteiger partial charge in [-0.05, 0) is 29.9 Å². The highest BCUT2D eigenvalue weighted by molar-refractivity contribution is 8.23. The van der Waals surface area contributed by atoms with E-state index in [2.05, 4.69) is 29.4 Å². The Balaban J connectivity index is 2.19. The summed E-state index contributed by atoms with van der Waals surface area (Å²) in [4.78, 5) is 0. The summed E-state index contributed by atoms with van der Waals surface area (Å²) in [5, 5.41) is 10.9. The zero-order valence-electron chi connectivity index (χ0n) is 6.57. The molecule has 0 aromatic carbocycles. The minimum absolute atomic E-state index is 0.0601. The van der Waals surface area contributed by atoms with Gasteiger partial charge < -0.3 is 0 Å². The maximum atomic E-state index is 4.84. The molecule has 0 fully saturated rings. The molecular weight excluding hydrogens is 178 g/mol. The van der Waals surface area contributed by atoms with Crippen LogP contribution in [0.5, 0.6) is 0 Å².